The van der Waals surface area contributed by atoms with Gasteiger partial charge in [-0.1, -0.05) is 24.6 Å². The van der Waals surface area contributed by atoms with Gasteiger partial charge in [-0.05, 0) is 44.0 Å². The van der Waals surface area contributed by atoms with Crippen molar-refractivity contribution < 1.29 is 4.79 Å². The number of benzene rings is 1. The Hall–Kier alpha value is -1.61. The summed E-state index contributed by atoms with van der Waals surface area (Å²) in [5.41, 5.74) is 2.40. The molecule has 0 radical (unpaired) electrons. The largest absolute Gasteiger partial charge is 0.361 e. The molecule has 0 bridgehead atoms. The number of carbonyl (C=O) groups excluding carboxylic acids is 1. The molecule has 3 rings (SSSR count). The summed E-state index contributed by atoms with van der Waals surface area (Å²) in [5.74, 6) is 0. The number of nitrogens with one attached hydrogen (secondary N) is 1. The van der Waals surface area contributed by atoms with Crippen molar-refractivity contribution in [1.29, 1.82) is 0 Å². The number of aromatic nitrogens is 1. The monoisotopic (exact) mass is 256 g/mol. The fraction of sp³-hybridized carbons (Fsp3) is 0.438. The van der Waals surface area contributed by atoms with Gasteiger partial charge >= 0.3 is 0 Å². The molecule has 0 spiro atoms. The van der Waals surface area contributed by atoms with Gasteiger partial charge in [0, 0.05) is 17.1 Å². The molecular weight excluding hydrogens is 236 g/mol. The quantitative estimate of drug-likeness (QED) is 0.854. The molecule has 1 fully saturated rings. The zero-order valence-electron chi connectivity index (χ0n) is 11.1. The lowest BCUT2D eigenvalue weighted by Crippen LogP contribution is -2.41. The van der Waals surface area contributed by atoms with Gasteiger partial charge < -0.3 is 9.78 Å². The molecule has 1 saturated heterocycles. The number of fused-ring (bicyclic) bond motifs is 1. The van der Waals surface area contributed by atoms with E-state index < -0.39 is 0 Å². The highest BCUT2D eigenvalue weighted by Crippen LogP contribution is 2.21. The molecule has 2 aromatic rings. The average molecular weight is 256 g/mol. The molecule has 1 aromatic heterocycles. The zero-order chi connectivity index (χ0) is 13.1. The maximum Gasteiger partial charge on any atom is 0.137 e. The highest BCUT2D eigenvalue weighted by molar-refractivity contribution is 5.83. The second-order valence-electron chi connectivity index (χ2n) is 5.36. The molecule has 0 aliphatic carbocycles. The van der Waals surface area contributed by atoms with E-state index in [-0.39, 0.29) is 6.04 Å². The molecule has 1 aliphatic heterocycles. The second kappa shape index (κ2) is 5.57. The van der Waals surface area contributed by atoms with Gasteiger partial charge in [-0.25, -0.2) is 0 Å². The number of aromatic amines is 1. The third-order valence-corrected chi connectivity index (χ3v) is 4.12. The number of para-hydroxylation sites is 1. The highest BCUT2D eigenvalue weighted by Gasteiger charge is 2.21. The third kappa shape index (κ3) is 2.56. The average Bonchev–Trinajstić information content (AvgIpc) is 2.89. The van der Waals surface area contributed by atoms with E-state index in [1.807, 2.05) is 12.3 Å². The van der Waals surface area contributed by atoms with Crippen LogP contribution in [0, 0.1) is 0 Å². The van der Waals surface area contributed by atoms with Crippen LogP contribution in [0.3, 0.4) is 0 Å². The Morgan fingerprint density at radius 1 is 1.21 bits per heavy atom. The van der Waals surface area contributed by atoms with Crippen LogP contribution in [0.2, 0.25) is 0 Å². The van der Waals surface area contributed by atoms with Gasteiger partial charge in [0.05, 0.1) is 6.04 Å². The lowest BCUT2D eigenvalue weighted by molar-refractivity contribution is -0.112. The molecule has 0 saturated carbocycles. The Balaban J connectivity index is 1.80. The van der Waals surface area contributed by atoms with E-state index in [1.54, 1.807) is 0 Å². The van der Waals surface area contributed by atoms with Gasteiger partial charge in [0.25, 0.3) is 0 Å². The predicted octanol–water partition coefficient (Wildman–Crippen LogP) is 2.76. The number of likely N-dealkylation sites (tertiary alicyclic amines) is 1. The molecule has 3 heteroatoms. The number of hydrogen-bond donors (Lipinski definition) is 1. The van der Waals surface area contributed by atoms with E-state index in [4.69, 9.17) is 0 Å². The van der Waals surface area contributed by atoms with Crippen LogP contribution in [0.15, 0.2) is 30.5 Å². The van der Waals surface area contributed by atoms with Crippen molar-refractivity contribution >= 4 is 17.2 Å². The maximum absolute atomic E-state index is 11.4. The summed E-state index contributed by atoms with van der Waals surface area (Å²) in [6.07, 6.45) is 7.72. The van der Waals surface area contributed by atoms with Gasteiger partial charge in [-0.3, -0.25) is 4.90 Å². The summed E-state index contributed by atoms with van der Waals surface area (Å²) in [5, 5.41) is 1.24. The van der Waals surface area contributed by atoms with Crippen LogP contribution >= 0.6 is 0 Å². The molecule has 1 unspecified atom stereocenters. The molecule has 100 valence electrons. The lowest BCUT2D eigenvalue weighted by atomic mass is 10.0. The molecule has 1 aliphatic rings. The molecule has 1 N–H and O–H groups in total. The molecule has 1 atom stereocenters. The van der Waals surface area contributed by atoms with Crippen LogP contribution in [0.5, 0.6) is 0 Å². The van der Waals surface area contributed by atoms with Gasteiger partial charge in [-0.15, -0.1) is 0 Å². The molecule has 19 heavy (non-hydrogen) atoms. The summed E-state index contributed by atoms with van der Waals surface area (Å²) in [6.45, 7) is 2.12. The molecule has 1 aromatic carbocycles. The Kier molecular flexibility index (Phi) is 3.65. The normalized spacial score (nSPS) is 18.5. The third-order valence-electron chi connectivity index (χ3n) is 4.12. The van der Waals surface area contributed by atoms with Crippen LogP contribution < -0.4 is 0 Å². The highest BCUT2D eigenvalue weighted by atomic mass is 16.1. The second-order valence-corrected chi connectivity index (χ2v) is 5.36. The number of aldehydes is 1. The first-order valence-corrected chi connectivity index (χ1v) is 7.13. The minimum absolute atomic E-state index is 0.0273. The van der Waals surface area contributed by atoms with Gasteiger partial charge in [0.15, 0.2) is 0 Å². The lowest BCUT2D eigenvalue weighted by Gasteiger charge is -2.31. The Bertz CT molecular complexity index is 555. The SMILES string of the molecule is O=CC(Cc1c[nH]c2ccccc12)N1CCCCC1. The summed E-state index contributed by atoms with van der Waals surface area (Å²) < 4.78 is 0. The van der Waals surface area contributed by atoms with Crippen molar-refractivity contribution in [2.75, 3.05) is 13.1 Å². The van der Waals surface area contributed by atoms with Crippen LogP contribution in [-0.4, -0.2) is 35.3 Å². The maximum atomic E-state index is 11.4. The predicted molar refractivity (Wildman–Crippen MR) is 77.3 cm³/mol. The van der Waals surface area contributed by atoms with Gasteiger partial charge in [0.1, 0.15) is 6.29 Å². The first-order chi connectivity index (χ1) is 9.38. The zero-order valence-corrected chi connectivity index (χ0v) is 11.1. The number of rotatable bonds is 4. The molecule has 3 nitrogen and oxygen atoms in total. The van der Waals surface area contributed by atoms with E-state index in [1.165, 1.54) is 30.2 Å². The van der Waals surface area contributed by atoms with Crippen LogP contribution in [0.4, 0.5) is 0 Å². The topological polar surface area (TPSA) is 36.1 Å². The van der Waals surface area contributed by atoms with Gasteiger partial charge in [0.2, 0.25) is 0 Å². The minimum Gasteiger partial charge on any atom is -0.361 e. The summed E-state index contributed by atoms with van der Waals surface area (Å²) in [6, 6.07) is 8.31. The van der Waals surface area contributed by atoms with Crippen molar-refractivity contribution in [2.24, 2.45) is 0 Å². The van der Waals surface area contributed by atoms with Crippen molar-refractivity contribution in [1.82, 2.24) is 9.88 Å². The van der Waals surface area contributed by atoms with Crippen molar-refractivity contribution in [3.8, 4) is 0 Å². The minimum atomic E-state index is 0.0273. The first kappa shape index (κ1) is 12.4. The molecular formula is C16H20N2O. The molecule has 0 amide bonds. The Morgan fingerprint density at radius 2 is 2.00 bits per heavy atom. The van der Waals surface area contributed by atoms with E-state index in [0.29, 0.717) is 0 Å². The Labute approximate surface area is 113 Å². The van der Waals surface area contributed by atoms with Crippen LogP contribution in [0.1, 0.15) is 24.8 Å². The van der Waals surface area contributed by atoms with E-state index in [9.17, 15) is 4.79 Å². The van der Waals surface area contributed by atoms with E-state index in [0.717, 1.165) is 31.3 Å². The summed E-state index contributed by atoms with van der Waals surface area (Å²) in [7, 11) is 0. The fourth-order valence-electron chi connectivity index (χ4n) is 3.04. The number of nitrogens with zero attached hydrogens (tertiary/aromatic N) is 1. The molecule has 2 heterocycles. The fourth-order valence-corrected chi connectivity index (χ4v) is 3.04. The van der Waals surface area contributed by atoms with Crippen molar-refractivity contribution in [3.05, 3.63) is 36.0 Å². The van der Waals surface area contributed by atoms with Crippen LogP contribution in [-0.2, 0) is 11.2 Å². The first-order valence-electron chi connectivity index (χ1n) is 7.13. The van der Waals surface area contributed by atoms with Gasteiger partial charge in [-0.2, -0.15) is 0 Å². The number of H-pyrrole nitrogens is 1. The number of hydrogen-bond acceptors (Lipinski definition) is 2. The summed E-state index contributed by atoms with van der Waals surface area (Å²) in [4.78, 5) is 17.0. The van der Waals surface area contributed by atoms with E-state index in [2.05, 4.69) is 28.1 Å². The van der Waals surface area contributed by atoms with Crippen molar-refractivity contribution in [2.45, 2.75) is 31.7 Å². The smallest absolute Gasteiger partial charge is 0.137 e. The number of piperidine rings is 1. The number of carbonyl (C=O) groups is 1. The van der Waals surface area contributed by atoms with Crippen molar-refractivity contribution in [3.63, 3.8) is 0 Å². The Morgan fingerprint density at radius 3 is 2.79 bits per heavy atom. The van der Waals surface area contributed by atoms with E-state index >= 15 is 0 Å². The standard InChI is InChI=1S/C16H20N2O/c19-12-14(18-8-4-1-5-9-18)10-13-11-17-16-7-3-2-6-15(13)16/h2-3,6-7,11-12,14,17H,1,4-5,8-10H2. The summed E-state index contributed by atoms with van der Waals surface area (Å²) >= 11 is 0. The van der Waals surface area contributed by atoms with Crippen LogP contribution in [0.25, 0.3) is 10.9 Å².